The summed E-state index contributed by atoms with van der Waals surface area (Å²) in [7, 11) is 0. The molecule has 0 N–H and O–H groups in total. The van der Waals surface area contributed by atoms with Crippen molar-refractivity contribution >= 4 is 37.2 Å². The van der Waals surface area contributed by atoms with E-state index in [9.17, 15) is 0 Å². The molecule has 0 fully saturated rings. The minimum Gasteiger partial charge on any atom is -0.147 e. The summed E-state index contributed by atoms with van der Waals surface area (Å²) in [6, 6.07) is 0. The van der Waals surface area contributed by atoms with Crippen molar-refractivity contribution in [2.24, 2.45) is 0 Å². The molecule has 1 aliphatic rings. The standard InChI is InChI=1S/C5H5.C2H5.3ClH.Ti/c1-2-4-5-3-1;1-2;;;;/h1-3H,4H2;1H2,2H3;3*1H;. The fourth-order valence-electron chi connectivity index (χ4n) is 0.805. The normalized spacial score (nSPS) is 11.9. The second-order valence-corrected chi connectivity index (χ2v) is 4.51. The zero-order valence-corrected chi connectivity index (χ0v) is 10.4. The molecule has 0 saturated heterocycles. The van der Waals surface area contributed by atoms with Gasteiger partial charge in [-0.3, -0.25) is 0 Å². The molecule has 0 aromatic rings. The van der Waals surface area contributed by atoms with Gasteiger partial charge in [-0.1, -0.05) is 0 Å². The summed E-state index contributed by atoms with van der Waals surface area (Å²) in [6.45, 7) is 2.28. The van der Waals surface area contributed by atoms with Gasteiger partial charge in [0.05, 0.1) is 0 Å². The first-order chi connectivity index (χ1) is 3.93. The molecule has 1 aliphatic carbocycles. The molecule has 0 atom stereocenters. The largest absolute Gasteiger partial charge is 0.147 e. The Morgan fingerprint density at radius 1 is 1.36 bits per heavy atom. The van der Waals surface area contributed by atoms with Crippen LogP contribution in [0.1, 0.15) is 13.3 Å². The monoisotopic (exact) mass is 250 g/mol. The number of halogens is 3. The van der Waals surface area contributed by atoms with Crippen molar-refractivity contribution in [3.05, 3.63) is 22.1 Å². The van der Waals surface area contributed by atoms with Gasteiger partial charge in [0.25, 0.3) is 0 Å². The van der Waals surface area contributed by atoms with Crippen molar-refractivity contribution in [1.29, 1.82) is 0 Å². The van der Waals surface area contributed by atoms with Crippen LogP contribution in [-0.2, 0) is 19.2 Å². The van der Waals surface area contributed by atoms with Crippen LogP contribution >= 0.6 is 37.2 Å². The van der Waals surface area contributed by atoms with Crippen LogP contribution in [0.4, 0.5) is 0 Å². The summed E-state index contributed by atoms with van der Waals surface area (Å²) in [4.78, 5) is 0. The van der Waals surface area contributed by atoms with E-state index in [2.05, 4.69) is 25.2 Å². The molecular weight excluding hydrogens is 238 g/mol. The van der Waals surface area contributed by atoms with E-state index in [0.717, 1.165) is 0 Å². The molecule has 0 bridgehead atoms. The SMILES string of the molecule is C[CH2][Ti][C]1=CC=CC1.Cl.Cl.Cl. The molecule has 0 spiro atoms. The summed E-state index contributed by atoms with van der Waals surface area (Å²) < 4.78 is 3.13. The zero-order chi connectivity index (χ0) is 5.82. The van der Waals surface area contributed by atoms with Gasteiger partial charge in [-0.05, 0) is 0 Å². The van der Waals surface area contributed by atoms with Gasteiger partial charge >= 0.3 is 59.3 Å². The van der Waals surface area contributed by atoms with Gasteiger partial charge < -0.3 is 0 Å². The molecule has 0 radical (unpaired) electrons. The molecule has 4 heteroatoms. The Labute approximate surface area is 96.1 Å². The summed E-state index contributed by atoms with van der Waals surface area (Å²) >= 11 is 0.306. The van der Waals surface area contributed by atoms with E-state index in [1.54, 1.807) is 3.88 Å². The van der Waals surface area contributed by atoms with Crippen molar-refractivity contribution in [3.63, 3.8) is 0 Å². The maximum absolute atomic E-state index is 2.28. The van der Waals surface area contributed by atoms with E-state index in [-0.39, 0.29) is 37.2 Å². The minimum atomic E-state index is 0. The second kappa shape index (κ2) is 11.1. The van der Waals surface area contributed by atoms with E-state index in [0.29, 0.717) is 19.2 Å². The van der Waals surface area contributed by atoms with Crippen LogP contribution < -0.4 is 0 Å². The van der Waals surface area contributed by atoms with Gasteiger partial charge in [0.1, 0.15) is 0 Å². The summed E-state index contributed by atoms with van der Waals surface area (Å²) in [5, 5.41) is 0. The van der Waals surface area contributed by atoms with E-state index in [1.807, 2.05) is 0 Å². The molecule has 0 aromatic carbocycles. The molecule has 66 valence electrons. The molecule has 0 aliphatic heterocycles. The van der Waals surface area contributed by atoms with Gasteiger partial charge in [-0.2, -0.15) is 0 Å². The molecule has 0 amide bonds. The Bertz CT molecular complexity index is 132. The van der Waals surface area contributed by atoms with Crippen LogP contribution in [0.2, 0.25) is 4.73 Å². The van der Waals surface area contributed by atoms with E-state index in [1.165, 1.54) is 11.1 Å². The Morgan fingerprint density at radius 3 is 2.36 bits per heavy atom. The van der Waals surface area contributed by atoms with Gasteiger partial charge in [0, 0.05) is 0 Å². The first-order valence-electron chi connectivity index (χ1n) is 3.03. The molecule has 11 heavy (non-hydrogen) atoms. The van der Waals surface area contributed by atoms with Crippen LogP contribution in [0.5, 0.6) is 0 Å². The Morgan fingerprint density at radius 2 is 2.00 bits per heavy atom. The third-order valence-corrected chi connectivity index (χ3v) is 3.02. The third-order valence-electron chi connectivity index (χ3n) is 1.18. The van der Waals surface area contributed by atoms with Gasteiger partial charge in [-0.25, -0.2) is 0 Å². The third kappa shape index (κ3) is 7.43. The van der Waals surface area contributed by atoms with Gasteiger partial charge in [-0.15, -0.1) is 37.2 Å². The maximum atomic E-state index is 2.28. The number of hydrogen-bond acceptors (Lipinski definition) is 0. The van der Waals surface area contributed by atoms with Crippen molar-refractivity contribution in [1.82, 2.24) is 0 Å². The average molecular weight is 251 g/mol. The Kier molecular flexibility index (Phi) is 18.1. The van der Waals surface area contributed by atoms with Crippen molar-refractivity contribution < 1.29 is 19.2 Å². The van der Waals surface area contributed by atoms with Crippen LogP contribution in [0, 0.1) is 0 Å². The fourth-order valence-corrected chi connectivity index (χ4v) is 2.26. The Balaban J connectivity index is -0.000000213. The first kappa shape index (κ1) is 18.0. The quantitative estimate of drug-likeness (QED) is 0.658. The second-order valence-electron chi connectivity index (χ2n) is 1.85. The van der Waals surface area contributed by atoms with Crippen molar-refractivity contribution in [2.45, 2.75) is 18.1 Å². The van der Waals surface area contributed by atoms with Gasteiger partial charge in [0.2, 0.25) is 0 Å². The predicted octanol–water partition coefficient (Wildman–Crippen LogP) is 3.62. The van der Waals surface area contributed by atoms with Crippen LogP contribution in [0.25, 0.3) is 0 Å². The summed E-state index contributed by atoms with van der Waals surface area (Å²) in [5.74, 6) is 0. The van der Waals surface area contributed by atoms with E-state index in [4.69, 9.17) is 0 Å². The van der Waals surface area contributed by atoms with Crippen LogP contribution in [-0.4, -0.2) is 0 Å². The topological polar surface area (TPSA) is 0 Å². The molecule has 1 rings (SSSR count). The smallest absolute Gasteiger partial charge is 0.147 e. The summed E-state index contributed by atoms with van der Waals surface area (Å²) in [5.41, 5.74) is 0. The van der Waals surface area contributed by atoms with Crippen molar-refractivity contribution in [3.8, 4) is 0 Å². The van der Waals surface area contributed by atoms with E-state index >= 15 is 0 Å². The first-order valence-corrected chi connectivity index (χ1v) is 4.91. The minimum absolute atomic E-state index is 0. The summed E-state index contributed by atoms with van der Waals surface area (Å²) in [6.07, 6.45) is 7.96. The molecule has 0 unspecified atom stereocenters. The van der Waals surface area contributed by atoms with Crippen molar-refractivity contribution in [2.75, 3.05) is 0 Å². The number of rotatable bonds is 2. The zero-order valence-electron chi connectivity index (χ0n) is 6.37. The molecule has 0 saturated carbocycles. The molecule has 0 aromatic heterocycles. The molecule has 0 heterocycles. The number of hydrogen-bond donors (Lipinski definition) is 0. The average Bonchev–Trinajstić information content (AvgIpc) is 2.19. The molecule has 0 nitrogen and oxygen atoms in total. The fraction of sp³-hybridized carbons (Fsp3) is 0.429. The maximum Gasteiger partial charge on any atom is -0.147 e. The van der Waals surface area contributed by atoms with Gasteiger partial charge in [0.15, 0.2) is 0 Å². The number of allylic oxidation sites excluding steroid dienone is 4. The predicted molar refractivity (Wildman–Crippen MR) is 54.1 cm³/mol. The van der Waals surface area contributed by atoms with Crippen LogP contribution in [0.3, 0.4) is 0 Å². The molecular formula is C7H13Cl3Ti. The van der Waals surface area contributed by atoms with E-state index < -0.39 is 0 Å². The Hall–Kier alpha value is 1.06. The van der Waals surface area contributed by atoms with Crippen LogP contribution in [0.15, 0.2) is 22.1 Å².